The lowest BCUT2D eigenvalue weighted by molar-refractivity contribution is -0.161. The van der Waals surface area contributed by atoms with Gasteiger partial charge in [0.25, 0.3) is 0 Å². The summed E-state index contributed by atoms with van der Waals surface area (Å²) in [5.41, 5.74) is 0. The van der Waals surface area contributed by atoms with Crippen LogP contribution in [0.15, 0.2) is 97.2 Å². The molecule has 0 heterocycles. The lowest BCUT2D eigenvalue weighted by Crippen LogP contribution is -2.30. The molecule has 0 radical (unpaired) electrons. The second-order valence-electron chi connectivity index (χ2n) is 26.2. The zero-order chi connectivity index (χ0) is 73.2. The zero-order valence-electron chi connectivity index (χ0n) is 63.1. The normalized spacial score (nSPS) is 14.4. The van der Waals surface area contributed by atoms with E-state index in [-0.39, 0.29) is 25.7 Å². The zero-order valence-corrected chi connectivity index (χ0v) is 64.9. The van der Waals surface area contributed by atoms with Crippen molar-refractivity contribution in [1.29, 1.82) is 0 Å². The predicted octanol–water partition coefficient (Wildman–Crippen LogP) is 22.8. The summed E-state index contributed by atoms with van der Waals surface area (Å²) in [6, 6.07) is 0. The third-order valence-corrected chi connectivity index (χ3v) is 18.4. The van der Waals surface area contributed by atoms with E-state index in [1.807, 2.05) is 0 Å². The number of aliphatic hydroxyl groups excluding tert-OH is 1. The Labute approximate surface area is 607 Å². The second-order valence-corrected chi connectivity index (χ2v) is 29.2. The topological polar surface area (TPSA) is 237 Å². The van der Waals surface area contributed by atoms with Gasteiger partial charge in [0.15, 0.2) is 12.2 Å². The summed E-state index contributed by atoms with van der Waals surface area (Å²) in [6.07, 6.45) is 76.8. The Morgan fingerprint density at radius 2 is 0.520 bits per heavy atom. The third-order valence-electron chi connectivity index (χ3n) is 16.5. The Balaban J connectivity index is 5.37. The standard InChI is InChI=1S/C81H142O17P2/c1-5-9-13-17-21-25-29-33-36-37-40-43-46-50-54-58-62-66-79(84)92-72-77(98-81(86)68-64-60-56-52-48-44-39-35-31-27-23-19-15-11-7-3)74-96-100(89,90)94-70-75(82)69-93-99(87,88)95-73-76(97-80(85)67-63-59-55-51-47-41-32-28-24-20-16-12-8-4)71-91-78(83)65-61-57-53-49-45-42-38-34-30-26-22-18-14-10-6-2/h9-10,13-14,21-22,25-26,28,32-34,36,38,45,49,75-77,82H,5-8,11-12,15-20,23-24,27,29-31,35,37,39-44,46-48,50-74H2,1-4H3,(H,87,88)(H,89,90)/b13-9-,14-10-,25-21-,26-22-,32-28-,36-33-,38-34-,49-45-. The smallest absolute Gasteiger partial charge is 0.462 e. The first-order chi connectivity index (χ1) is 48.7. The Morgan fingerprint density at radius 3 is 0.840 bits per heavy atom. The maximum absolute atomic E-state index is 13.1. The number of carbonyl (C=O) groups is 4. The van der Waals surface area contributed by atoms with Gasteiger partial charge < -0.3 is 33.8 Å². The summed E-state index contributed by atoms with van der Waals surface area (Å²) >= 11 is 0. The molecule has 0 aromatic rings. The maximum Gasteiger partial charge on any atom is 0.472 e. The Bertz CT molecular complexity index is 2270. The summed E-state index contributed by atoms with van der Waals surface area (Å²) in [6.45, 7) is 4.61. The molecule has 0 aliphatic rings. The Kier molecular flexibility index (Phi) is 70.4. The minimum atomic E-state index is -4.98. The summed E-state index contributed by atoms with van der Waals surface area (Å²) < 4.78 is 68.5. The van der Waals surface area contributed by atoms with Crippen LogP contribution in [-0.2, 0) is 65.4 Å². The van der Waals surface area contributed by atoms with Gasteiger partial charge in [-0.15, -0.1) is 0 Å². The van der Waals surface area contributed by atoms with Gasteiger partial charge in [0, 0.05) is 25.7 Å². The van der Waals surface area contributed by atoms with Gasteiger partial charge in [0.1, 0.15) is 19.3 Å². The number of hydrogen-bond donors (Lipinski definition) is 3. The lowest BCUT2D eigenvalue weighted by Gasteiger charge is -2.21. The van der Waals surface area contributed by atoms with Crippen molar-refractivity contribution in [3.05, 3.63) is 97.2 Å². The Hall–Kier alpha value is -4.02. The molecule has 5 atom stereocenters. The predicted molar refractivity (Wildman–Crippen MR) is 409 cm³/mol. The van der Waals surface area contributed by atoms with Gasteiger partial charge in [-0.25, -0.2) is 9.13 Å². The van der Waals surface area contributed by atoms with E-state index in [4.69, 9.17) is 37.0 Å². The van der Waals surface area contributed by atoms with Crippen LogP contribution in [-0.4, -0.2) is 96.7 Å². The minimum absolute atomic E-state index is 0.0763. The number of aliphatic hydroxyl groups is 1. The highest BCUT2D eigenvalue weighted by atomic mass is 31.2. The average Bonchev–Trinajstić information content (AvgIpc) is 0.937. The number of hydrogen-bond acceptors (Lipinski definition) is 15. The van der Waals surface area contributed by atoms with Crippen molar-refractivity contribution in [3.8, 4) is 0 Å². The number of esters is 4. The first kappa shape index (κ1) is 96.0. The van der Waals surface area contributed by atoms with Gasteiger partial charge in [0.2, 0.25) is 0 Å². The monoisotopic (exact) mass is 1450 g/mol. The summed E-state index contributed by atoms with van der Waals surface area (Å²) in [5, 5.41) is 10.6. The second kappa shape index (κ2) is 73.3. The SMILES string of the molecule is CC/C=C\C/C=C\C/C=C\C/C=C\CCCCC(=O)OCC(COP(=O)(O)OCC(O)COP(=O)(O)OCC(COC(=O)CCCCCCCCC/C=C\C/C=C\C/C=C\CC)OC(=O)CCCCCCCCCCCCCCCCC)OC(=O)CCCCCCC/C=C\CCCCCC. The number of phosphoric ester groups is 2. The van der Waals surface area contributed by atoms with E-state index in [0.717, 1.165) is 167 Å². The molecular weight excluding hydrogens is 1310 g/mol. The van der Waals surface area contributed by atoms with Crippen molar-refractivity contribution in [2.24, 2.45) is 0 Å². The highest BCUT2D eigenvalue weighted by molar-refractivity contribution is 7.47. The number of phosphoric acid groups is 2. The Morgan fingerprint density at radius 1 is 0.290 bits per heavy atom. The number of unbranched alkanes of at least 4 members (excludes halogenated alkanes) is 32. The maximum atomic E-state index is 13.1. The number of ether oxygens (including phenoxy) is 4. The molecule has 578 valence electrons. The highest BCUT2D eigenvalue weighted by Gasteiger charge is 2.30. The average molecular weight is 1450 g/mol. The molecule has 0 amide bonds. The molecule has 0 saturated carbocycles. The summed E-state index contributed by atoms with van der Waals surface area (Å²) in [4.78, 5) is 72.9. The largest absolute Gasteiger partial charge is 0.472 e. The molecule has 0 aliphatic carbocycles. The highest BCUT2D eigenvalue weighted by Crippen LogP contribution is 2.45. The van der Waals surface area contributed by atoms with Crippen LogP contribution in [0.3, 0.4) is 0 Å². The molecular formula is C81H142O17P2. The van der Waals surface area contributed by atoms with E-state index in [0.29, 0.717) is 25.7 Å². The quantitative estimate of drug-likeness (QED) is 0.0169. The molecule has 3 N–H and O–H groups in total. The van der Waals surface area contributed by atoms with E-state index in [1.54, 1.807) is 0 Å². The van der Waals surface area contributed by atoms with Crippen LogP contribution >= 0.6 is 15.6 Å². The molecule has 19 heteroatoms. The molecule has 5 unspecified atom stereocenters. The minimum Gasteiger partial charge on any atom is -0.462 e. The van der Waals surface area contributed by atoms with Gasteiger partial charge in [0.05, 0.1) is 26.4 Å². The van der Waals surface area contributed by atoms with E-state index >= 15 is 0 Å². The first-order valence-electron chi connectivity index (χ1n) is 39.5. The van der Waals surface area contributed by atoms with E-state index in [1.165, 1.54) is 89.9 Å². The van der Waals surface area contributed by atoms with E-state index in [9.17, 15) is 43.2 Å². The van der Waals surface area contributed by atoms with Crippen molar-refractivity contribution in [2.45, 2.75) is 354 Å². The molecule has 0 aromatic carbocycles. The molecule has 17 nitrogen and oxygen atoms in total. The van der Waals surface area contributed by atoms with Crippen LogP contribution in [0.1, 0.15) is 336 Å². The van der Waals surface area contributed by atoms with Crippen LogP contribution in [0.5, 0.6) is 0 Å². The molecule has 0 aliphatic heterocycles. The van der Waals surface area contributed by atoms with Crippen LogP contribution in [0.2, 0.25) is 0 Å². The van der Waals surface area contributed by atoms with Crippen molar-refractivity contribution in [3.63, 3.8) is 0 Å². The van der Waals surface area contributed by atoms with Crippen molar-refractivity contribution >= 4 is 39.5 Å². The van der Waals surface area contributed by atoms with Gasteiger partial charge in [-0.1, -0.05) is 285 Å². The van der Waals surface area contributed by atoms with Gasteiger partial charge in [-0.2, -0.15) is 0 Å². The molecule has 0 rings (SSSR count). The molecule has 100 heavy (non-hydrogen) atoms. The van der Waals surface area contributed by atoms with Crippen molar-refractivity contribution in [1.82, 2.24) is 0 Å². The lowest BCUT2D eigenvalue weighted by atomic mass is 10.0. The van der Waals surface area contributed by atoms with Crippen LogP contribution in [0, 0.1) is 0 Å². The fourth-order valence-electron chi connectivity index (χ4n) is 10.6. The third kappa shape index (κ3) is 72.3. The number of rotatable bonds is 74. The molecule has 0 spiro atoms. The van der Waals surface area contributed by atoms with Crippen LogP contribution < -0.4 is 0 Å². The van der Waals surface area contributed by atoms with Crippen LogP contribution in [0.25, 0.3) is 0 Å². The van der Waals surface area contributed by atoms with E-state index in [2.05, 4.69) is 125 Å². The molecule has 0 aromatic heterocycles. The van der Waals surface area contributed by atoms with Gasteiger partial charge in [-0.05, 0) is 122 Å². The molecule has 0 bridgehead atoms. The van der Waals surface area contributed by atoms with Gasteiger partial charge >= 0.3 is 39.5 Å². The number of allylic oxidation sites excluding steroid dienone is 16. The fraction of sp³-hybridized carbons (Fsp3) is 0.753. The van der Waals surface area contributed by atoms with E-state index < -0.39 is 97.5 Å². The van der Waals surface area contributed by atoms with Crippen molar-refractivity contribution in [2.75, 3.05) is 39.6 Å². The molecule has 0 fully saturated rings. The molecule has 0 saturated heterocycles. The first-order valence-corrected chi connectivity index (χ1v) is 42.5. The summed E-state index contributed by atoms with van der Waals surface area (Å²) in [5.74, 6) is -2.22. The fourth-order valence-corrected chi connectivity index (χ4v) is 12.2. The van der Waals surface area contributed by atoms with Crippen LogP contribution in [0.4, 0.5) is 0 Å². The van der Waals surface area contributed by atoms with Crippen molar-refractivity contribution < 1.29 is 80.2 Å². The number of carbonyl (C=O) groups excluding carboxylic acids is 4. The van der Waals surface area contributed by atoms with Gasteiger partial charge in [-0.3, -0.25) is 37.3 Å². The summed E-state index contributed by atoms with van der Waals surface area (Å²) in [7, 11) is -9.96.